The molecule has 0 unspecified atom stereocenters. The number of pyridine rings is 4. The van der Waals surface area contributed by atoms with Crippen molar-refractivity contribution in [3.05, 3.63) is 110 Å². The number of thiophene rings is 1. The van der Waals surface area contributed by atoms with Crippen molar-refractivity contribution < 1.29 is 0 Å². The van der Waals surface area contributed by atoms with E-state index < -0.39 is 0 Å². The van der Waals surface area contributed by atoms with Gasteiger partial charge in [-0.3, -0.25) is 19.9 Å². The Morgan fingerprint density at radius 3 is 1.59 bits per heavy atom. The van der Waals surface area contributed by atoms with Crippen LogP contribution in [0.15, 0.2) is 110 Å². The number of aromatic nitrogens is 6. The predicted molar refractivity (Wildman–Crippen MR) is 159 cm³/mol. The number of nitrogens with zero attached hydrogens (tertiary/aromatic N) is 6. The second kappa shape index (κ2) is 7.69. The van der Waals surface area contributed by atoms with E-state index in [0.29, 0.717) is 0 Å². The lowest BCUT2D eigenvalue weighted by molar-refractivity contribution is 1.18. The van der Waals surface area contributed by atoms with Crippen molar-refractivity contribution in [3.63, 3.8) is 0 Å². The van der Waals surface area contributed by atoms with Gasteiger partial charge >= 0.3 is 0 Å². The number of hydrogen-bond donors (Lipinski definition) is 0. The maximum Gasteiger partial charge on any atom is 0.0640 e. The minimum atomic E-state index is 1.11. The topological polar surface area (TPSA) is 61.4 Å². The highest BCUT2D eigenvalue weighted by Gasteiger charge is 2.18. The standard InChI is InChI=1S/C32H18N6S/c1-2-20-21-14-19(37-26-6-10-33-15-22(26)23-16-34-11-7-27(23)37)4-5-31(21)39-32(20)30(3-1)38-28-8-12-35-17-24(28)25-18-36-13-9-29(25)38/h1-18H. The first kappa shape index (κ1) is 20.9. The van der Waals surface area contributed by atoms with E-state index in [1.165, 1.54) is 25.9 Å². The smallest absolute Gasteiger partial charge is 0.0640 e. The van der Waals surface area contributed by atoms with Gasteiger partial charge < -0.3 is 9.13 Å². The molecule has 0 saturated heterocycles. The Hall–Kier alpha value is -5.14. The van der Waals surface area contributed by atoms with E-state index in [1.54, 1.807) is 0 Å². The summed E-state index contributed by atoms with van der Waals surface area (Å²) in [6.07, 6.45) is 15.2. The lowest BCUT2D eigenvalue weighted by Gasteiger charge is -2.09. The van der Waals surface area contributed by atoms with Crippen LogP contribution < -0.4 is 0 Å². The molecule has 0 fully saturated rings. The van der Waals surface area contributed by atoms with Gasteiger partial charge in [0.2, 0.25) is 0 Å². The van der Waals surface area contributed by atoms with Crippen molar-refractivity contribution in [1.82, 2.24) is 29.1 Å². The van der Waals surface area contributed by atoms with E-state index >= 15 is 0 Å². The van der Waals surface area contributed by atoms with Gasteiger partial charge in [-0.1, -0.05) is 12.1 Å². The second-order valence-corrected chi connectivity index (χ2v) is 10.7. The second-order valence-electron chi connectivity index (χ2n) is 9.68. The molecule has 6 nitrogen and oxygen atoms in total. The average Bonchev–Trinajstić information content (AvgIpc) is 3.65. The van der Waals surface area contributed by atoms with Crippen molar-refractivity contribution in [2.45, 2.75) is 0 Å². The van der Waals surface area contributed by atoms with Crippen LogP contribution in [0.2, 0.25) is 0 Å². The third kappa shape index (κ3) is 2.79. The molecule has 39 heavy (non-hydrogen) atoms. The van der Waals surface area contributed by atoms with Gasteiger partial charge in [-0.2, -0.15) is 0 Å². The highest BCUT2D eigenvalue weighted by molar-refractivity contribution is 7.26. The minimum absolute atomic E-state index is 1.11. The zero-order valence-electron chi connectivity index (χ0n) is 20.5. The Bertz CT molecular complexity index is 2310. The van der Waals surface area contributed by atoms with Crippen molar-refractivity contribution in [3.8, 4) is 11.4 Å². The zero-order chi connectivity index (χ0) is 25.5. The molecule has 7 heteroatoms. The maximum absolute atomic E-state index is 4.40. The molecule has 0 amide bonds. The van der Waals surface area contributed by atoms with Crippen LogP contribution in [0.4, 0.5) is 0 Å². The normalized spacial score (nSPS) is 12.1. The van der Waals surface area contributed by atoms with Crippen LogP contribution in [0.1, 0.15) is 0 Å². The van der Waals surface area contributed by atoms with Gasteiger partial charge in [0.1, 0.15) is 0 Å². The molecule has 7 heterocycles. The SMILES string of the molecule is c1cc(-n2c3ccncc3c3cnccc32)c2sc3ccc(-n4c5ccncc5c5cnccc54)cc3c2c1. The van der Waals surface area contributed by atoms with Gasteiger partial charge in [0, 0.05) is 92.3 Å². The lowest BCUT2D eigenvalue weighted by Crippen LogP contribution is -1.94. The number of hydrogen-bond acceptors (Lipinski definition) is 5. The van der Waals surface area contributed by atoms with Gasteiger partial charge in [0.25, 0.3) is 0 Å². The van der Waals surface area contributed by atoms with Gasteiger partial charge in [-0.15, -0.1) is 11.3 Å². The van der Waals surface area contributed by atoms with Gasteiger partial charge in [-0.05, 0) is 48.5 Å². The maximum atomic E-state index is 4.40. The fourth-order valence-electron chi connectivity index (χ4n) is 6.04. The van der Waals surface area contributed by atoms with E-state index in [9.17, 15) is 0 Å². The van der Waals surface area contributed by atoms with Gasteiger partial charge in [0.15, 0.2) is 0 Å². The molecule has 182 valence electrons. The molecule has 0 radical (unpaired) electrons. The van der Waals surface area contributed by atoms with Gasteiger partial charge in [0.05, 0.1) is 32.5 Å². The lowest BCUT2D eigenvalue weighted by atomic mass is 10.1. The summed E-state index contributed by atoms with van der Waals surface area (Å²) in [4.78, 5) is 17.6. The largest absolute Gasteiger partial charge is 0.309 e. The third-order valence-corrected chi connectivity index (χ3v) is 8.90. The van der Waals surface area contributed by atoms with Crippen LogP contribution in [0.5, 0.6) is 0 Å². The Balaban J connectivity index is 1.34. The quantitative estimate of drug-likeness (QED) is 0.234. The molecule has 7 aromatic heterocycles. The average molecular weight is 519 g/mol. The minimum Gasteiger partial charge on any atom is -0.309 e. The van der Waals surface area contributed by atoms with Crippen LogP contribution in [0.3, 0.4) is 0 Å². The molecule has 0 aliphatic heterocycles. The van der Waals surface area contributed by atoms with Crippen molar-refractivity contribution >= 4 is 75.1 Å². The molecule has 0 saturated carbocycles. The van der Waals surface area contributed by atoms with E-state index in [0.717, 1.165) is 49.3 Å². The Kier molecular flexibility index (Phi) is 4.11. The molecule has 0 spiro atoms. The molecule has 9 rings (SSSR count). The van der Waals surface area contributed by atoms with E-state index in [-0.39, 0.29) is 0 Å². The van der Waals surface area contributed by atoms with Crippen LogP contribution >= 0.6 is 11.3 Å². The van der Waals surface area contributed by atoms with Gasteiger partial charge in [-0.25, -0.2) is 0 Å². The third-order valence-electron chi connectivity index (χ3n) is 7.69. The Morgan fingerprint density at radius 2 is 1.03 bits per heavy atom. The van der Waals surface area contributed by atoms with Crippen molar-refractivity contribution in [2.24, 2.45) is 0 Å². The summed E-state index contributed by atoms with van der Waals surface area (Å²) in [5.74, 6) is 0. The molecule has 0 atom stereocenters. The van der Waals surface area contributed by atoms with Crippen LogP contribution in [-0.4, -0.2) is 29.1 Å². The molecule has 0 aliphatic rings. The summed E-state index contributed by atoms with van der Waals surface area (Å²) in [5.41, 5.74) is 6.80. The van der Waals surface area contributed by atoms with Crippen LogP contribution in [-0.2, 0) is 0 Å². The summed E-state index contributed by atoms with van der Waals surface area (Å²) in [7, 11) is 0. The summed E-state index contributed by atoms with van der Waals surface area (Å²) >= 11 is 1.84. The number of benzene rings is 2. The first-order valence-corrected chi connectivity index (χ1v) is 13.5. The molecule has 0 N–H and O–H groups in total. The summed E-state index contributed by atoms with van der Waals surface area (Å²) in [6, 6.07) is 21.7. The summed E-state index contributed by atoms with van der Waals surface area (Å²) in [6.45, 7) is 0. The highest BCUT2D eigenvalue weighted by atomic mass is 32.1. The van der Waals surface area contributed by atoms with Crippen molar-refractivity contribution in [2.75, 3.05) is 0 Å². The fourth-order valence-corrected chi connectivity index (χ4v) is 7.23. The van der Waals surface area contributed by atoms with Crippen molar-refractivity contribution in [1.29, 1.82) is 0 Å². The predicted octanol–water partition coefficient (Wildman–Crippen LogP) is 7.83. The molecule has 9 aromatic rings. The molecule has 0 aliphatic carbocycles. The summed E-state index contributed by atoms with van der Waals surface area (Å²) in [5, 5.41) is 6.92. The molecular weight excluding hydrogens is 500 g/mol. The van der Waals surface area contributed by atoms with E-state index in [2.05, 4.69) is 89.7 Å². The van der Waals surface area contributed by atoms with Crippen LogP contribution in [0, 0.1) is 0 Å². The molecule has 0 bridgehead atoms. The Morgan fingerprint density at radius 1 is 0.487 bits per heavy atom. The molecule has 2 aromatic carbocycles. The van der Waals surface area contributed by atoms with E-state index in [1.807, 2.05) is 60.9 Å². The fraction of sp³-hybridized carbons (Fsp3) is 0. The zero-order valence-corrected chi connectivity index (χ0v) is 21.3. The van der Waals surface area contributed by atoms with E-state index in [4.69, 9.17) is 0 Å². The highest BCUT2D eigenvalue weighted by Crippen LogP contribution is 2.42. The molecular formula is C32H18N6S. The Labute approximate surface area is 225 Å². The summed E-state index contributed by atoms with van der Waals surface area (Å²) < 4.78 is 7.18. The number of fused-ring (bicyclic) bond motifs is 9. The van der Waals surface area contributed by atoms with Crippen LogP contribution in [0.25, 0.3) is 75.2 Å². The number of rotatable bonds is 2. The first-order chi connectivity index (χ1) is 19.4. The monoisotopic (exact) mass is 518 g/mol. The first-order valence-electron chi connectivity index (χ1n) is 12.7.